The van der Waals surface area contributed by atoms with Crippen molar-refractivity contribution >= 4 is 22.9 Å². The maximum Gasteiger partial charge on any atom is 0.275 e. The van der Waals surface area contributed by atoms with Gasteiger partial charge in [-0.1, -0.05) is 30.3 Å². The highest BCUT2D eigenvalue weighted by Gasteiger charge is 2.20. The van der Waals surface area contributed by atoms with E-state index in [-0.39, 0.29) is 11.7 Å². The van der Waals surface area contributed by atoms with Crippen LogP contribution in [-0.4, -0.2) is 24.0 Å². The highest BCUT2D eigenvalue weighted by molar-refractivity contribution is 7.10. The van der Waals surface area contributed by atoms with Gasteiger partial charge in [0.1, 0.15) is 11.5 Å². The van der Waals surface area contributed by atoms with Crippen LogP contribution >= 0.6 is 11.3 Å². The number of para-hydroxylation sites is 1. The predicted octanol–water partition coefficient (Wildman–Crippen LogP) is 4.67. The predicted molar refractivity (Wildman–Crippen MR) is 107 cm³/mol. The first-order valence-corrected chi connectivity index (χ1v) is 9.91. The van der Waals surface area contributed by atoms with E-state index in [0.717, 1.165) is 42.1 Å². The summed E-state index contributed by atoms with van der Waals surface area (Å²) in [5.74, 6) is -0.0709. The van der Waals surface area contributed by atoms with Crippen LogP contribution in [0.25, 0.3) is 11.1 Å². The second-order valence-corrected chi connectivity index (χ2v) is 7.49. The summed E-state index contributed by atoms with van der Waals surface area (Å²) in [5, 5.41) is 9.16. The molecule has 0 saturated carbocycles. The molecule has 4 rings (SSSR count). The number of rotatable bonds is 4. The molecule has 0 atom stereocenters. The van der Waals surface area contributed by atoms with Crippen LogP contribution in [0, 0.1) is 5.82 Å². The minimum Gasteiger partial charge on any atom is -0.320 e. The molecule has 2 aromatic carbocycles. The minimum absolute atomic E-state index is 0.221. The zero-order valence-electron chi connectivity index (χ0n) is 14.7. The third-order valence-electron chi connectivity index (χ3n) is 4.77. The van der Waals surface area contributed by atoms with Crippen LogP contribution in [0.3, 0.4) is 0 Å². The molecule has 0 unspecified atom stereocenters. The lowest BCUT2D eigenvalue weighted by atomic mass is 9.99. The van der Waals surface area contributed by atoms with E-state index in [0.29, 0.717) is 17.3 Å². The number of piperidine rings is 1. The van der Waals surface area contributed by atoms with Crippen LogP contribution in [0.5, 0.6) is 0 Å². The Morgan fingerprint density at radius 2 is 1.85 bits per heavy atom. The van der Waals surface area contributed by atoms with Gasteiger partial charge >= 0.3 is 0 Å². The first-order chi connectivity index (χ1) is 13.2. The Balaban J connectivity index is 1.53. The van der Waals surface area contributed by atoms with E-state index >= 15 is 0 Å². The normalized spacial score (nSPS) is 14.9. The fourth-order valence-electron chi connectivity index (χ4n) is 3.31. The Bertz CT molecular complexity index is 933. The van der Waals surface area contributed by atoms with Gasteiger partial charge in [-0.25, -0.2) is 9.37 Å². The number of amides is 1. The van der Waals surface area contributed by atoms with E-state index in [4.69, 9.17) is 0 Å². The van der Waals surface area contributed by atoms with Crippen molar-refractivity contribution in [3.8, 4) is 11.1 Å². The van der Waals surface area contributed by atoms with Crippen molar-refractivity contribution in [2.24, 2.45) is 0 Å². The number of hydrogen-bond donors (Lipinski definition) is 2. The molecule has 1 amide bonds. The Morgan fingerprint density at radius 3 is 2.63 bits per heavy atom. The summed E-state index contributed by atoms with van der Waals surface area (Å²) < 4.78 is 13.2. The van der Waals surface area contributed by atoms with E-state index in [2.05, 4.69) is 15.6 Å². The summed E-state index contributed by atoms with van der Waals surface area (Å²) in [6.07, 6.45) is 2.12. The highest BCUT2D eigenvalue weighted by Crippen LogP contribution is 2.30. The molecule has 2 heterocycles. The van der Waals surface area contributed by atoms with Crippen molar-refractivity contribution in [1.82, 2.24) is 10.3 Å². The lowest BCUT2D eigenvalue weighted by Gasteiger charge is -2.20. The molecule has 1 aliphatic rings. The van der Waals surface area contributed by atoms with Crippen molar-refractivity contribution in [3.63, 3.8) is 0 Å². The summed E-state index contributed by atoms with van der Waals surface area (Å²) in [4.78, 5) is 17.3. The molecule has 0 aliphatic carbocycles. The summed E-state index contributed by atoms with van der Waals surface area (Å²) in [6.45, 7) is 1.99. The number of carbonyl (C=O) groups is 1. The number of aromatic nitrogens is 1. The molecular formula is C21H20FN3OS. The number of carbonyl (C=O) groups excluding carboxylic acids is 1. The van der Waals surface area contributed by atoms with E-state index in [1.54, 1.807) is 23.5 Å². The molecule has 0 spiro atoms. The summed E-state index contributed by atoms with van der Waals surface area (Å²) in [5.41, 5.74) is 2.83. The van der Waals surface area contributed by atoms with Gasteiger partial charge in [0.25, 0.3) is 5.91 Å². The van der Waals surface area contributed by atoms with Crippen molar-refractivity contribution in [3.05, 3.63) is 70.4 Å². The van der Waals surface area contributed by atoms with Gasteiger partial charge in [0.2, 0.25) is 0 Å². The number of anilines is 1. The Labute approximate surface area is 161 Å². The zero-order chi connectivity index (χ0) is 18.6. The molecule has 1 saturated heterocycles. The minimum atomic E-state index is -0.284. The lowest BCUT2D eigenvalue weighted by molar-refractivity contribution is 0.102. The van der Waals surface area contributed by atoms with Gasteiger partial charge in [-0.15, -0.1) is 11.3 Å². The fourth-order valence-corrected chi connectivity index (χ4v) is 4.28. The van der Waals surface area contributed by atoms with Gasteiger partial charge in [-0.3, -0.25) is 4.79 Å². The van der Waals surface area contributed by atoms with Crippen molar-refractivity contribution in [1.29, 1.82) is 0 Å². The Morgan fingerprint density at radius 1 is 1.11 bits per heavy atom. The molecule has 3 aromatic rings. The molecule has 1 aliphatic heterocycles. The number of nitrogens with one attached hydrogen (secondary N) is 2. The van der Waals surface area contributed by atoms with E-state index in [9.17, 15) is 9.18 Å². The third kappa shape index (κ3) is 4.07. The fraction of sp³-hybridized carbons (Fsp3) is 0.238. The number of nitrogens with zero attached hydrogens (tertiary/aromatic N) is 1. The van der Waals surface area contributed by atoms with Crippen molar-refractivity contribution in [2.45, 2.75) is 18.8 Å². The first-order valence-electron chi connectivity index (χ1n) is 9.03. The number of benzene rings is 2. The van der Waals surface area contributed by atoms with Crippen LogP contribution in [-0.2, 0) is 0 Å². The van der Waals surface area contributed by atoms with Crippen LogP contribution < -0.4 is 10.6 Å². The number of hydrogen-bond acceptors (Lipinski definition) is 4. The van der Waals surface area contributed by atoms with Gasteiger partial charge in [0.05, 0.1) is 5.01 Å². The SMILES string of the molecule is O=C(Nc1ccccc1-c1ccc(F)cc1)c1csc(C2CCNCC2)n1. The van der Waals surface area contributed by atoms with Crippen LogP contribution in [0.15, 0.2) is 53.9 Å². The topological polar surface area (TPSA) is 54.0 Å². The molecule has 27 heavy (non-hydrogen) atoms. The van der Waals surface area contributed by atoms with E-state index < -0.39 is 0 Å². The molecule has 4 nitrogen and oxygen atoms in total. The number of halogens is 1. The van der Waals surface area contributed by atoms with Crippen LogP contribution in [0.1, 0.15) is 34.3 Å². The standard InChI is InChI=1S/C21H20FN3OS/c22-16-7-5-14(6-8-16)17-3-1-2-4-18(17)24-20(26)19-13-27-21(25-19)15-9-11-23-12-10-15/h1-8,13,15,23H,9-12H2,(H,24,26). The monoisotopic (exact) mass is 381 g/mol. The van der Waals surface area contributed by atoms with Crippen molar-refractivity contribution < 1.29 is 9.18 Å². The lowest BCUT2D eigenvalue weighted by Crippen LogP contribution is -2.26. The van der Waals surface area contributed by atoms with Gasteiger partial charge in [0, 0.05) is 22.5 Å². The number of thiazole rings is 1. The van der Waals surface area contributed by atoms with Gasteiger partial charge in [-0.05, 0) is 49.7 Å². The quantitative estimate of drug-likeness (QED) is 0.691. The molecule has 0 radical (unpaired) electrons. The summed E-state index contributed by atoms with van der Waals surface area (Å²) in [6, 6.07) is 13.8. The Kier molecular flexibility index (Phi) is 5.27. The third-order valence-corrected chi connectivity index (χ3v) is 5.78. The zero-order valence-corrected chi connectivity index (χ0v) is 15.6. The second-order valence-electron chi connectivity index (χ2n) is 6.60. The average Bonchev–Trinajstić information content (AvgIpc) is 3.20. The van der Waals surface area contributed by atoms with Gasteiger partial charge in [0.15, 0.2) is 0 Å². The highest BCUT2D eigenvalue weighted by atomic mass is 32.1. The molecule has 2 N–H and O–H groups in total. The van der Waals surface area contributed by atoms with E-state index in [1.165, 1.54) is 12.1 Å². The van der Waals surface area contributed by atoms with Gasteiger partial charge in [-0.2, -0.15) is 0 Å². The molecule has 1 fully saturated rings. The summed E-state index contributed by atoms with van der Waals surface area (Å²) in [7, 11) is 0. The second kappa shape index (κ2) is 7.98. The van der Waals surface area contributed by atoms with E-state index in [1.807, 2.05) is 29.6 Å². The average molecular weight is 381 g/mol. The maximum atomic E-state index is 13.2. The molecule has 1 aromatic heterocycles. The molecule has 6 heteroatoms. The molecule has 138 valence electrons. The molecular weight excluding hydrogens is 361 g/mol. The van der Waals surface area contributed by atoms with Crippen LogP contribution in [0.2, 0.25) is 0 Å². The van der Waals surface area contributed by atoms with Gasteiger partial charge < -0.3 is 10.6 Å². The first kappa shape index (κ1) is 17.8. The van der Waals surface area contributed by atoms with Crippen LogP contribution in [0.4, 0.5) is 10.1 Å². The smallest absolute Gasteiger partial charge is 0.275 e. The Hall–Kier alpha value is -2.57. The largest absolute Gasteiger partial charge is 0.320 e. The van der Waals surface area contributed by atoms with Crippen molar-refractivity contribution in [2.75, 3.05) is 18.4 Å². The molecule has 0 bridgehead atoms. The maximum absolute atomic E-state index is 13.2. The summed E-state index contributed by atoms with van der Waals surface area (Å²) >= 11 is 1.56.